The minimum absolute atomic E-state index is 0.0172. The minimum atomic E-state index is -1.56. The standard InChI is InChI=1S/C32H38N4O9/c1-20(37)44-27(29(39)33-23-9-8-22-18-34(11-10-21(22)16-23)31(41)45-32(2,3)4)28-30(40)36(13-15-43-28)25-7-5-6-24(17-25)35-12-14-42-19-26(35)38/h5-9,16-17,27-28H,10-15,18-19H2,1-4H3,(H,33,39)/t27-,28-/m1/s1. The molecule has 3 aliphatic heterocycles. The molecule has 2 atom stereocenters. The third-order valence-electron chi connectivity index (χ3n) is 7.52. The summed E-state index contributed by atoms with van der Waals surface area (Å²) in [5, 5.41) is 2.76. The maximum atomic E-state index is 13.7. The SMILES string of the molecule is CC(=O)O[C@@H](C(=O)Nc1ccc2c(c1)CCN(C(=O)OC(C)(C)C)C2)[C@H]1OCCN(c2cccc(N3CCOCC3=O)c2)C1=O. The van der Waals surface area contributed by atoms with Crippen LogP contribution in [0.5, 0.6) is 0 Å². The van der Waals surface area contributed by atoms with Gasteiger partial charge in [-0.1, -0.05) is 12.1 Å². The molecule has 5 rings (SSSR count). The van der Waals surface area contributed by atoms with Gasteiger partial charge in [0.2, 0.25) is 6.10 Å². The molecule has 2 aromatic rings. The predicted molar refractivity (Wildman–Crippen MR) is 163 cm³/mol. The lowest BCUT2D eigenvalue weighted by Crippen LogP contribution is -2.56. The Morgan fingerprint density at radius 2 is 1.69 bits per heavy atom. The van der Waals surface area contributed by atoms with Gasteiger partial charge in [-0.2, -0.15) is 0 Å². The van der Waals surface area contributed by atoms with Crippen LogP contribution < -0.4 is 15.1 Å². The first-order chi connectivity index (χ1) is 21.4. The van der Waals surface area contributed by atoms with E-state index in [4.69, 9.17) is 18.9 Å². The molecule has 0 radical (unpaired) electrons. The van der Waals surface area contributed by atoms with Crippen LogP contribution in [0.4, 0.5) is 21.9 Å². The van der Waals surface area contributed by atoms with E-state index in [1.54, 1.807) is 46.2 Å². The van der Waals surface area contributed by atoms with Gasteiger partial charge < -0.3 is 39.0 Å². The number of hydrogen-bond donors (Lipinski definition) is 1. The second kappa shape index (κ2) is 13.2. The van der Waals surface area contributed by atoms with Crippen LogP contribution in [0.15, 0.2) is 42.5 Å². The van der Waals surface area contributed by atoms with Crippen LogP contribution in [0.2, 0.25) is 0 Å². The second-order valence-electron chi connectivity index (χ2n) is 12.1. The van der Waals surface area contributed by atoms with E-state index in [1.807, 2.05) is 26.8 Å². The van der Waals surface area contributed by atoms with E-state index in [2.05, 4.69) is 5.32 Å². The van der Waals surface area contributed by atoms with Gasteiger partial charge in [0.15, 0.2) is 6.10 Å². The van der Waals surface area contributed by atoms with E-state index in [0.717, 1.165) is 18.1 Å². The number of anilines is 3. The molecule has 13 heteroatoms. The fraction of sp³-hybridized carbons (Fsp3) is 0.469. The fourth-order valence-corrected chi connectivity index (χ4v) is 5.46. The first-order valence-electron chi connectivity index (χ1n) is 14.9. The Balaban J connectivity index is 1.29. The van der Waals surface area contributed by atoms with E-state index in [0.29, 0.717) is 49.7 Å². The smallest absolute Gasteiger partial charge is 0.410 e. The van der Waals surface area contributed by atoms with Crippen LogP contribution in [0.3, 0.4) is 0 Å². The highest BCUT2D eigenvalue weighted by Crippen LogP contribution is 2.28. The average Bonchev–Trinajstić information content (AvgIpc) is 2.99. The van der Waals surface area contributed by atoms with E-state index in [9.17, 15) is 24.0 Å². The number of amides is 4. The number of rotatable bonds is 6. The van der Waals surface area contributed by atoms with Crippen molar-refractivity contribution in [1.29, 1.82) is 0 Å². The summed E-state index contributed by atoms with van der Waals surface area (Å²) in [6, 6.07) is 12.3. The number of hydrogen-bond acceptors (Lipinski definition) is 9. The summed E-state index contributed by atoms with van der Waals surface area (Å²) in [4.78, 5) is 68.9. The lowest BCUT2D eigenvalue weighted by molar-refractivity contribution is -0.167. The highest BCUT2D eigenvalue weighted by Gasteiger charge is 2.43. The summed E-state index contributed by atoms with van der Waals surface area (Å²) in [5.41, 5.74) is 2.85. The van der Waals surface area contributed by atoms with Gasteiger partial charge in [-0.15, -0.1) is 0 Å². The monoisotopic (exact) mass is 622 g/mol. The summed E-state index contributed by atoms with van der Waals surface area (Å²) in [6.07, 6.45) is -2.78. The highest BCUT2D eigenvalue weighted by molar-refractivity contribution is 6.05. The summed E-state index contributed by atoms with van der Waals surface area (Å²) < 4.78 is 21.8. The van der Waals surface area contributed by atoms with E-state index < -0.39 is 35.6 Å². The van der Waals surface area contributed by atoms with Gasteiger partial charge in [0.1, 0.15) is 12.2 Å². The van der Waals surface area contributed by atoms with Crippen LogP contribution in [-0.2, 0) is 51.1 Å². The summed E-state index contributed by atoms with van der Waals surface area (Å²) in [5.74, 6) is -2.20. The van der Waals surface area contributed by atoms with Crippen molar-refractivity contribution in [3.8, 4) is 0 Å². The number of nitrogens with one attached hydrogen (secondary N) is 1. The molecule has 0 bridgehead atoms. The zero-order valence-electron chi connectivity index (χ0n) is 25.9. The third-order valence-corrected chi connectivity index (χ3v) is 7.52. The van der Waals surface area contributed by atoms with Crippen molar-refractivity contribution < 1.29 is 42.9 Å². The maximum Gasteiger partial charge on any atom is 0.410 e. The number of nitrogens with zero attached hydrogens (tertiary/aromatic N) is 3. The third kappa shape index (κ3) is 7.60. The van der Waals surface area contributed by atoms with Crippen molar-refractivity contribution in [3.05, 3.63) is 53.6 Å². The molecule has 2 saturated heterocycles. The quantitative estimate of drug-likeness (QED) is 0.481. The molecular weight excluding hydrogens is 584 g/mol. The molecule has 0 aromatic heterocycles. The average molecular weight is 623 g/mol. The van der Waals surface area contributed by atoms with Gasteiger partial charge in [-0.05, 0) is 68.7 Å². The van der Waals surface area contributed by atoms with Crippen LogP contribution >= 0.6 is 0 Å². The maximum absolute atomic E-state index is 13.7. The zero-order chi connectivity index (χ0) is 32.3. The predicted octanol–water partition coefficient (Wildman–Crippen LogP) is 2.65. The molecule has 0 aliphatic carbocycles. The van der Waals surface area contributed by atoms with E-state index in [1.165, 1.54) is 4.90 Å². The molecule has 0 spiro atoms. The van der Waals surface area contributed by atoms with Gasteiger partial charge in [0, 0.05) is 50.2 Å². The molecule has 1 N–H and O–H groups in total. The Morgan fingerprint density at radius 3 is 2.40 bits per heavy atom. The van der Waals surface area contributed by atoms with Crippen LogP contribution in [0, 0.1) is 0 Å². The minimum Gasteiger partial charge on any atom is -0.449 e. The number of carbonyl (C=O) groups excluding carboxylic acids is 5. The number of carbonyl (C=O) groups is 5. The van der Waals surface area contributed by atoms with Crippen molar-refractivity contribution >= 4 is 46.8 Å². The Labute approximate surface area is 261 Å². The van der Waals surface area contributed by atoms with Gasteiger partial charge in [0.05, 0.1) is 13.2 Å². The summed E-state index contributed by atoms with van der Waals surface area (Å²) >= 11 is 0. The molecule has 2 aromatic carbocycles. The molecule has 240 valence electrons. The molecule has 3 heterocycles. The van der Waals surface area contributed by atoms with Gasteiger partial charge in [0.25, 0.3) is 17.7 Å². The first-order valence-corrected chi connectivity index (χ1v) is 14.9. The molecule has 0 unspecified atom stereocenters. The second-order valence-corrected chi connectivity index (χ2v) is 12.1. The molecule has 2 fully saturated rings. The molecule has 3 aliphatic rings. The summed E-state index contributed by atoms with van der Waals surface area (Å²) in [6.45, 7) is 8.51. The molecule has 45 heavy (non-hydrogen) atoms. The van der Waals surface area contributed by atoms with Crippen molar-refractivity contribution in [2.24, 2.45) is 0 Å². The number of fused-ring (bicyclic) bond motifs is 1. The zero-order valence-corrected chi connectivity index (χ0v) is 25.9. The Kier molecular flexibility index (Phi) is 9.40. The van der Waals surface area contributed by atoms with Crippen LogP contribution in [-0.4, -0.2) is 91.9 Å². The molecule has 0 saturated carbocycles. The Hall–Kier alpha value is -4.49. The van der Waals surface area contributed by atoms with Crippen molar-refractivity contribution in [3.63, 3.8) is 0 Å². The Bertz CT molecular complexity index is 1490. The number of esters is 1. The normalized spacial score (nSPS) is 19.5. The van der Waals surface area contributed by atoms with Crippen LogP contribution in [0.1, 0.15) is 38.8 Å². The molecule has 4 amide bonds. The molecular formula is C32H38N4O9. The lowest BCUT2D eigenvalue weighted by Gasteiger charge is -2.36. The fourth-order valence-electron chi connectivity index (χ4n) is 5.46. The van der Waals surface area contributed by atoms with Gasteiger partial charge in [-0.3, -0.25) is 19.2 Å². The first kappa shape index (κ1) is 31.9. The Morgan fingerprint density at radius 1 is 0.956 bits per heavy atom. The number of ether oxygens (including phenoxy) is 4. The summed E-state index contributed by atoms with van der Waals surface area (Å²) in [7, 11) is 0. The van der Waals surface area contributed by atoms with Crippen LogP contribution in [0.25, 0.3) is 0 Å². The highest BCUT2D eigenvalue weighted by atomic mass is 16.6. The van der Waals surface area contributed by atoms with E-state index in [-0.39, 0.29) is 31.8 Å². The van der Waals surface area contributed by atoms with Crippen molar-refractivity contribution in [1.82, 2.24) is 4.90 Å². The van der Waals surface area contributed by atoms with Crippen molar-refractivity contribution in [2.45, 2.75) is 58.5 Å². The van der Waals surface area contributed by atoms with E-state index >= 15 is 0 Å². The number of morpholine rings is 2. The largest absolute Gasteiger partial charge is 0.449 e. The number of benzene rings is 2. The van der Waals surface area contributed by atoms with Gasteiger partial charge in [-0.25, -0.2) is 4.79 Å². The topological polar surface area (TPSA) is 144 Å². The van der Waals surface area contributed by atoms with Crippen molar-refractivity contribution in [2.75, 3.05) is 54.6 Å². The van der Waals surface area contributed by atoms with Gasteiger partial charge >= 0.3 is 12.1 Å². The lowest BCUT2D eigenvalue weighted by atomic mass is 9.99. The molecule has 13 nitrogen and oxygen atoms in total.